The van der Waals surface area contributed by atoms with Gasteiger partial charge in [-0.25, -0.2) is 14.1 Å². The maximum Gasteiger partial charge on any atom is 0.191 e. The second-order valence-electron chi connectivity index (χ2n) is 6.33. The first kappa shape index (κ1) is 19.1. The van der Waals surface area contributed by atoms with Crippen LogP contribution in [0.15, 0.2) is 23.2 Å². The molecule has 1 aromatic heterocycles. The van der Waals surface area contributed by atoms with Gasteiger partial charge in [0.15, 0.2) is 23.4 Å². The summed E-state index contributed by atoms with van der Waals surface area (Å²) in [6, 6.07) is 5.09. The molecule has 0 saturated carbocycles. The van der Waals surface area contributed by atoms with Gasteiger partial charge in [-0.15, -0.1) is 0 Å². The Morgan fingerprint density at radius 3 is 2.96 bits per heavy atom. The molecule has 1 aliphatic heterocycles. The van der Waals surface area contributed by atoms with Gasteiger partial charge in [0.2, 0.25) is 0 Å². The quantitative estimate of drug-likeness (QED) is 0.583. The number of halogens is 1. The molecule has 2 aromatic rings. The molecule has 0 bridgehead atoms. The van der Waals surface area contributed by atoms with E-state index in [0.717, 1.165) is 24.2 Å². The molecular formula is C18H25FN6O2. The van der Waals surface area contributed by atoms with E-state index in [2.05, 4.69) is 25.7 Å². The minimum Gasteiger partial charge on any atom is -0.494 e. The summed E-state index contributed by atoms with van der Waals surface area (Å²) in [5.41, 5.74) is 0.808. The molecule has 2 N–H and O–H groups in total. The minimum absolute atomic E-state index is 0.188. The number of nitrogens with zero attached hydrogens (tertiary/aromatic N) is 4. The van der Waals surface area contributed by atoms with Crippen molar-refractivity contribution >= 4 is 5.96 Å². The topological polar surface area (TPSA) is 85.6 Å². The number of rotatable bonds is 6. The molecule has 2 heterocycles. The molecule has 0 spiro atoms. The molecule has 146 valence electrons. The van der Waals surface area contributed by atoms with E-state index in [-0.39, 0.29) is 17.6 Å². The van der Waals surface area contributed by atoms with Gasteiger partial charge < -0.3 is 20.1 Å². The van der Waals surface area contributed by atoms with Crippen molar-refractivity contribution in [3.63, 3.8) is 0 Å². The highest BCUT2D eigenvalue weighted by atomic mass is 19.1. The van der Waals surface area contributed by atoms with Crippen molar-refractivity contribution in [2.75, 3.05) is 21.3 Å². The number of hydrogen-bond acceptors (Lipinski definition) is 5. The van der Waals surface area contributed by atoms with E-state index in [0.29, 0.717) is 31.5 Å². The summed E-state index contributed by atoms with van der Waals surface area (Å²) < 4.78 is 25.8. The number of methoxy groups -OCH3 is 2. The molecule has 1 atom stereocenters. The van der Waals surface area contributed by atoms with Crippen LogP contribution in [0.1, 0.15) is 23.6 Å². The Balaban J connectivity index is 1.55. The number of aliphatic imine (C=N–C) groups is 1. The highest BCUT2D eigenvalue weighted by Crippen LogP contribution is 2.17. The Hall–Kier alpha value is -2.68. The number of fused-ring (bicyclic) bond motifs is 1. The number of guanidine groups is 1. The Bertz CT molecular complexity index is 807. The molecule has 0 radical (unpaired) electrons. The maximum atomic E-state index is 13.8. The number of aromatic nitrogens is 3. The summed E-state index contributed by atoms with van der Waals surface area (Å²) in [5, 5.41) is 11.1. The first-order valence-corrected chi connectivity index (χ1v) is 8.84. The molecule has 0 aliphatic carbocycles. The zero-order chi connectivity index (χ0) is 19.2. The molecular weight excluding hydrogens is 351 g/mol. The monoisotopic (exact) mass is 376 g/mol. The van der Waals surface area contributed by atoms with Crippen molar-refractivity contribution in [1.29, 1.82) is 0 Å². The van der Waals surface area contributed by atoms with Crippen LogP contribution >= 0.6 is 0 Å². The van der Waals surface area contributed by atoms with Crippen LogP contribution in [0, 0.1) is 5.82 Å². The fourth-order valence-electron chi connectivity index (χ4n) is 3.06. The van der Waals surface area contributed by atoms with Gasteiger partial charge in [0.25, 0.3) is 0 Å². The van der Waals surface area contributed by atoms with Crippen LogP contribution in [0.2, 0.25) is 0 Å². The van der Waals surface area contributed by atoms with Crippen LogP contribution in [-0.2, 0) is 30.9 Å². The van der Waals surface area contributed by atoms with Gasteiger partial charge in [-0.05, 0) is 24.1 Å². The van der Waals surface area contributed by atoms with E-state index in [1.54, 1.807) is 20.2 Å². The van der Waals surface area contributed by atoms with E-state index in [1.807, 2.05) is 10.7 Å². The van der Waals surface area contributed by atoms with Crippen molar-refractivity contribution in [3.05, 3.63) is 41.2 Å². The summed E-state index contributed by atoms with van der Waals surface area (Å²) in [6.07, 6.45) is 1.78. The summed E-state index contributed by atoms with van der Waals surface area (Å²) in [6.45, 7) is 1.59. The standard InChI is InChI=1S/C18H25FN6O2/c1-20-18(21-9-12-4-6-15(27-3)14(19)8-12)22-13-5-7-17-23-16(11-26-2)24-25(17)10-13/h4,6,8,13H,5,7,9-11H2,1-3H3,(H2,20,21,22). The third-order valence-electron chi connectivity index (χ3n) is 4.42. The lowest BCUT2D eigenvalue weighted by molar-refractivity contribution is 0.177. The number of ether oxygens (including phenoxy) is 2. The first-order chi connectivity index (χ1) is 13.1. The molecule has 1 aromatic carbocycles. The average Bonchev–Trinajstić information content (AvgIpc) is 3.07. The molecule has 3 rings (SSSR count). The fraction of sp³-hybridized carbons (Fsp3) is 0.500. The Labute approximate surface area is 157 Å². The summed E-state index contributed by atoms with van der Waals surface area (Å²) in [5.74, 6) is 2.21. The van der Waals surface area contributed by atoms with Crippen molar-refractivity contribution in [1.82, 2.24) is 25.4 Å². The summed E-state index contributed by atoms with van der Waals surface area (Å²) in [7, 11) is 4.80. The van der Waals surface area contributed by atoms with Crippen molar-refractivity contribution < 1.29 is 13.9 Å². The predicted octanol–water partition coefficient (Wildman–Crippen LogP) is 1.25. The molecule has 1 aliphatic rings. The highest BCUT2D eigenvalue weighted by Gasteiger charge is 2.22. The van der Waals surface area contributed by atoms with Crippen LogP contribution in [0.4, 0.5) is 4.39 Å². The van der Waals surface area contributed by atoms with Crippen molar-refractivity contribution in [2.24, 2.45) is 4.99 Å². The van der Waals surface area contributed by atoms with Crippen LogP contribution in [0.3, 0.4) is 0 Å². The third-order valence-corrected chi connectivity index (χ3v) is 4.42. The summed E-state index contributed by atoms with van der Waals surface area (Å²) in [4.78, 5) is 8.73. The van der Waals surface area contributed by atoms with Crippen molar-refractivity contribution in [3.8, 4) is 5.75 Å². The van der Waals surface area contributed by atoms with Gasteiger partial charge in [0.05, 0.1) is 13.7 Å². The normalized spacial score (nSPS) is 16.7. The van der Waals surface area contributed by atoms with Gasteiger partial charge in [0.1, 0.15) is 12.4 Å². The second kappa shape index (κ2) is 8.81. The molecule has 0 fully saturated rings. The Morgan fingerprint density at radius 1 is 1.41 bits per heavy atom. The van der Waals surface area contributed by atoms with E-state index in [1.165, 1.54) is 13.2 Å². The SMILES string of the molecule is CN=C(NCc1ccc(OC)c(F)c1)NC1CCc2nc(COC)nn2C1. The van der Waals surface area contributed by atoms with Gasteiger partial charge in [0, 0.05) is 33.2 Å². The number of nitrogens with one attached hydrogen (secondary N) is 2. The molecule has 1 unspecified atom stereocenters. The zero-order valence-corrected chi connectivity index (χ0v) is 15.8. The van der Waals surface area contributed by atoms with E-state index < -0.39 is 0 Å². The van der Waals surface area contributed by atoms with Crippen LogP contribution in [-0.4, -0.2) is 48.0 Å². The number of aryl methyl sites for hydroxylation is 1. The lowest BCUT2D eigenvalue weighted by Crippen LogP contribution is -2.46. The van der Waals surface area contributed by atoms with Gasteiger partial charge in [-0.1, -0.05) is 6.07 Å². The van der Waals surface area contributed by atoms with Gasteiger partial charge in [-0.3, -0.25) is 4.99 Å². The lowest BCUT2D eigenvalue weighted by Gasteiger charge is -2.25. The fourth-order valence-corrected chi connectivity index (χ4v) is 3.06. The zero-order valence-electron chi connectivity index (χ0n) is 15.8. The second-order valence-corrected chi connectivity index (χ2v) is 6.33. The Kier molecular flexibility index (Phi) is 6.23. The summed E-state index contributed by atoms with van der Waals surface area (Å²) >= 11 is 0. The van der Waals surface area contributed by atoms with Crippen LogP contribution < -0.4 is 15.4 Å². The first-order valence-electron chi connectivity index (χ1n) is 8.84. The van der Waals surface area contributed by atoms with Crippen LogP contribution in [0.5, 0.6) is 5.75 Å². The third kappa shape index (κ3) is 4.73. The van der Waals surface area contributed by atoms with E-state index in [9.17, 15) is 4.39 Å². The number of hydrogen-bond donors (Lipinski definition) is 2. The molecule has 8 nitrogen and oxygen atoms in total. The maximum absolute atomic E-state index is 13.8. The lowest BCUT2D eigenvalue weighted by atomic mass is 10.1. The van der Waals surface area contributed by atoms with Crippen molar-refractivity contribution in [2.45, 2.75) is 38.6 Å². The largest absolute Gasteiger partial charge is 0.494 e. The molecule has 9 heteroatoms. The smallest absolute Gasteiger partial charge is 0.191 e. The average molecular weight is 376 g/mol. The van der Waals surface area contributed by atoms with Crippen LogP contribution in [0.25, 0.3) is 0 Å². The molecule has 0 amide bonds. The molecule has 27 heavy (non-hydrogen) atoms. The number of benzene rings is 1. The van der Waals surface area contributed by atoms with Gasteiger partial charge >= 0.3 is 0 Å². The van der Waals surface area contributed by atoms with E-state index >= 15 is 0 Å². The minimum atomic E-state index is -0.377. The van der Waals surface area contributed by atoms with E-state index in [4.69, 9.17) is 9.47 Å². The highest BCUT2D eigenvalue weighted by molar-refractivity contribution is 5.79. The molecule has 0 saturated heterocycles. The van der Waals surface area contributed by atoms with Gasteiger partial charge in [-0.2, -0.15) is 5.10 Å². The predicted molar refractivity (Wildman–Crippen MR) is 99.1 cm³/mol. The Morgan fingerprint density at radius 2 is 2.26 bits per heavy atom.